The van der Waals surface area contributed by atoms with Crippen molar-refractivity contribution in [1.82, 2.24) is 15.5 Å². The van der Waals surface area contributed by atoms with E-state index in [-0.39, 0.29) is 42.1 Å². The summed E-state index contributed by atoms with van der Waals surface area (Å²) in [6.45, 7) is 2.37. The van der Waals surface area contributed by atoms with Crippen LogP contribution in [-0.2, 0) is 14.4 Å². The number of hydrogen-bond acceptors (Lipinski definition) is 4. The highest BCUT2D eigenvalue weighted by molar-refractivity contribution is 5.93. The van der Waals surface area contributed by atoms with E-state index in [2.05, 4.69) is 10.6 Å². The first-order chi connectivity index (χ1) is 18.0. The minimum atomic E-state index is -0.644. The summed E-state index contributed by atoms with van der Waals surface area (Å²) >= 11 is 0. The van der Waals surface area contributed by atoms with Crippen molar-refractivity contribution in [2.45, 2.75) is 82.5 Å². The summed E-state index contributed by atoms with van der Waals surface area (Å²) in [4.78, 5) is 42.0. The number of nitrogens with two attached hydrogens (primary N) is 1. The molecule has 3 amide bonds. The maximum absolute atomic E-state index is 13.9. The highest BCUT2D eigenvalue weighted by atomic mass is 35.5. The van der Waals surface area contributed by atoms with Gasteiger partial charge in [-0.05, 0) is 49.1 Å². The Kier molecular flexibility index (Phi) is 11.2. The average molecular weight is 541 g/mol. The van der Waals surface area contributed by atoms with Gasteiger partial charge in [-0.25, -0.2) is 0 Å². The number of benzene rings is 2. The molecule has 38 heavy (non-hydrogen) atoms. The number of amides is 3. The zero-order valence-corrected chi connectivity index (χ0v) is 23.0. The largest absolute Gasteiger partial charge is 0.343 e. The van der Waals surface area contributed by atoms with Crippen molar-refractivity contribution in [3.8, 4) is 0 Å². The van der Waals surface area contributed by atoms with Crippen LogP contribution in [0.5, 0.6) is 0 Å². The third kappa shape index (κ3) is 7.14. The summed E-state index contributed by atoms with van der Waals surface area (Å²) in [7, 11) is 0. The lowest BCUT2D eigenvalue weighted by Crippen LogP contribution is -2.58. The van der Waals surface area contributed by atoms with Gasteiger partial charge in [0, 0.05) is 6.54 Å². The summed E-state index contributed by atoms with van der Waals surface area (Å²) in [6.07, 6.45) is 6.90. The van der Waals surface area contributed by atoms with E-state index < -0.39 is 18.1 Å². The molecule has 2 fully saturated rings. The van der Waals surface area contributed by atoms with Gasteiger partial charge in [0.25, 0.3) is 0 Å². The summed E-state index contributed by atoms with van der Waals surface area (Å²) < 4.78 is 0. The van der Waals surface area contributed by atoms with E-state index in [1.165, 1.54) is 0 Å². The molecule has 2 aromatic carbocycles. The van der Waals surface area contributed by atoms with Crippen LogP contribution in [0.4, 0.5) is 0 Å². The van der Waals surface area contributed by atoms with Gasteiger partial charge in [-0.1, -0.05) is 86.8 Å². The number of nitrogens with one attached hydrogen (secondary N) is 2. The normalized spacial score (nSPS) is 19.3. The molecular weight excluding hydrogens is 500 g/mol. The lowest BCUT2D eigenvalue weighted by Gasteiger charge is -2.35. The lowest BCUT2D eigenvalue weighted by atomic mass is 9.83. The maximum Gasteiger partial charge on any atom is 0.246 e. The van der Waals surface area contributed by atoms with E-state index in [0.717, 1.165) is 49.7 Å². The topological polar surface area (TPSA) is 105 Å². The van der Waals surface area contributed by atoms with Crippen LogP contribution in [0.3, 0.4) is 0 Å². The lowest BCUT2D eigenvalue weighted by molar-refractivity contribution is -0.143. The molecule has 0 aromatic heterocycles. The number of nitrogens with zero attached hydrogens (tertiary/aromatic N) is 1. The van der Waals surface area contributed by atoms with Crippen LogP contribution in [0.1, 0.15) is 75.5 Å². The molecule has 0 radical (unpaired) electrons. The van der Waals surface area contributed by atoms with Gasteiger partial charge in [-0.3, -0.25) is 14.4 Å². The second kappa shape index (κ2) is 14.3. The van der Waals surface area contributed by atoms with Crippen molar-refractivity contribution in [2.24, 2.45) is 11.7 Å². The Labute approximate surface area is 232 Å². The minimum absolute atomic E-state index is 0. The predicted octanol–water partition coefficient (Wildman–Crippen LogP) is 4.11. The Morgan fingerprint density at radius 1 is 0.868 bits per heavy atom. The quantitative estimate of drug-likeness (QED) is 0.445. The molecule has 0 unspecified atom stereocenters. The molecule has 0 spiro atoms. The van der Waals surface area contributed by atoms with Gasteiger partial charge >= 0.3 is 0 Å². The Morgan fingerprint density at radius 3 is 2.00 bits per heavy atom. The Hall–Kier alpha value is -2.90. The van der Waals surface area contributed by atoms with E-state index in [4.69, 9.17) is 5.73 Å². The molecule has 0 bridgehead atoms. The second-order valence-corrected chi connectivity index (χ2v) is 10.4. The first-order valence-electron chi connectivity index (χ1n) is 13.8. The van der Waals surface area contributed by atoms with Crippen LogP contribution in [0.25, 0.3) is 0 Å². The number of carbonyl (C=O) groups is 3. The second-order valence-electron chi connectivity index (χ2n) is 10.4. The first-order valence-corrected chi connectivity index (χ1v) is 13.8. The summed E-state index contributed by atoms with van der Waals surface area (Å²) in [5.74, 6) is -0.542. The average Bonchev–Trinajstić information content (AvgIpc) is 3.45. The van der Waals surface area contributed by atoms with Crippen LogP contribution in [0.2, 0.25) is 0 Å². The van der Waals surface area contributed by atoms with E-state index in [1.807, 2.05) is 67.6 Å². The maximum atomic E-state index is 13.9. The van der Waals surface area contributed by atoms with Crippen molar-refractivity contribution < 1.29 is 14.4 Å². The van der Waals surface area contributed by atoms with Gasteiger partial charge in [0.1, 0.15) is 12.1 Å². The van der Waals surface area contributed by atoms with E-state index in [9.17, 15) is 14.4 Å². The highest BCUT2D eigenvalue weighted by Crippen LogP contribution is 2.30. The minimum Gasteiger partial charge on any atom is -0.343 e. The molecule has 2 aromatic rings. The number of halogens is 1. The van der Waals surface area contributed by atoms with Crippen LogP contribution < -0.4 is 16.4 Å². The molecule has 2 aliphatic rings. The number of likely N-dealkylation sites (tertiary alicyclic amines) is 1. The van der Waals surface area contributed by atoms with Gasteiger partial charge in [0.15, 0.2) is 0 Å². The van der Waals surface area contributed by atoms with Crippen LogP contribution in [0, 0.1) is 5.92 Å². The molecule has 4 N–H and O–H groups in total. The van der Waals surface area contributed by atoms with Gasteiger partial charge in [0.05, 0.1) is 12.1 Å². The zero-order valence-electron chi connectivity index (χ0n) is 22.2. The third-order valence-electron chi connectivity index (χ3n) is 7.85. The molecule has 1 saturated heterocycles. The molecule has 8 heteroatoms. The van der Waals surface area contributed by atoms with Crippen LogP contribution >= 0.6 is 12.4 Å². The van der Waals surface area contributed by atoms with E-state index in [1.54, 1.807) is 4.90 Å². The summed E-state index contributed by atoms with van der Waals surface area (Å²) in [5, 5.41) is 6.20. The molecule has 3 atom stereocenters. The molecule has 206 valence electrons. The smallest absolute Gasteiger partial charge is 0.246 e. The van der Waals surface area contributed by atoms with Gasteiger partial charge in [-0.2, -0.15) is 0 Å². The van der Waals surface area contributed by atoms with Crippen LogP contribution in [0.15, 0.2) is 60.7 Å². The monoisotopic (exact) mass is 540 g/mol. The third-order valence-corrected chi connectivity index (χ3v) is 7.85. The zero-order chi connectivity index (χ0) is 26.2. The fourth-order valence-electron chi connectivity index (χ4n) is 5.66. The molecule has 1 aliphatic carbocycles. The van der Waals surface area contributed by atoms with E-state index in [0.29, 0.717) is 19.4 Å². The number of carbonyl (C=O) groups excluding carboxylic acids is 3. The van der Waals surface area contributed by atoms with Crippen molar-refractivity contribution in [1.29, 1.82) is 0 Å². The number of hydrogen-bond donors (Lipinski definition) is 3. The predicted molar refractivity (Wildman–Crippen MR) is 152 cm³/mol. The highest BCUT2D eigenvalue weighted by Gasteiger charge is 2.41. The van der Waals surface area contributed by atoms with Crippen molar-refractivity contribution in [3.63, 3.8) is 0 Å². The fraction of sp³-hybridized carbons (Fsp3) is 0.500. The summed E-state index contributed by atoms with van der Waals surface area (Å²) in [6, 6.07) is 17.6. The van der Waals surface area contributed by atoms with Crippen LogP contribution in [-0.4, -0.2) is 47.3 Å². The van der Waals surface area contributed by atoms with Crippen molar-refractivity contribution in [2.75, 3.05) is 6.54 Å². The fourth-order valence-corrected chi connectivity index (χ4v) is 5.66. The van der Waals surface area contributed by atoms with Gasteiger partial charge in [-0.15, -0.1) is 12.4 Å². The van der Waals surface area contributed by atoms with Crippen molar-refractivity contribution >= 4 is 30.1 Å². The Bertz CT molecular complexity index is 1010. The molecule has 1 saturated carbocycles. The molecule has 4 rings (SSSR count). The van der Waals surface area contributed by atoms with Gasteiger partial charge in [0.2, 0.25) is 17.7 Å². The molecular formula is C30H41ClN4O3. The summed E-state index contributed by atoms with van der Waals surface area (Å²) in [5.41, 5.74) is 7.96. The Balaban J connectivity index is 0.00000400. The van der Waals surface area contributed by atoms with E-state index >= 15 is 0 Å². The van der Waals surface area contributed by atoms with Gasteiger partial charge < -0.3 is 21.3 Å². The molecule has 1 aliphatic heterocycles. The SMILES string of the molecule is CC[C@H](N)C(=O)N[C@H](C(=O)N1CCC[C@H]1C(=O)NC(c1ccccc1)c1ccccc1)C1CCCCC1.Cl. The molecule has 7 nitrogen and oxygen atoms in total. The molecule has 1 heterocycles. The first kappa shape index (κ1) is 29.7. The standard InChI is InChI=1S/C30H40N4O3.ClH/c1-2-24(31)28(35)33-27(23-17-10-5-11-18-23)30(37)34-20-12-19-25(34)29(36)32-26(21-13-6-3-7-14-21)22-15-8-4-9-16-22;/h3-4,6-9,13-16,23-27H,2,5,10-12,17-20,31H2,1H3,(H,32,36)(H,33,35);1H/t24-,25-,27-;/m0./s1. The Morgan fingerprint density at radius 2 is 1.45 bits per heavy atom. The number of rotatable bonds is 9. The van der Waals surface area contributed by atoms with Crippen molar-refractivity contribution in [3.05, 3.63) is 71.8 Å².